The topological polar surface area (TPSA) is 27.6 Å². The van der Waals surface area contributed by atoms with Crippen molar-refractivity contribution in [2.24, 2.45) is 4.99 Å². The van der Waals surface area contributed by atoms with E-state index in [0.717, 1.165) is 36.2 Å². The summed E-state index contributed by atoms with van der Waals surface area (Å²) in [5, 5.41) is 4.33. The minimum absolute atomic E-state index is 0.440. The van der Waals surface area contributed by atoms with Crippen LogP contribution in [0.5, 0.6) is 0 Å². The molecule has 1 fully saturated rings. The predicted octanol–water partition coefficient (Wildman–Crippen LogP) is 5.50. The second kappa shape index (κ2) is 8.13. The zero-order chi connectivity index (χ0) is 17.8. The Bertz CT molecular complexity index is 763. The normalized spacial score (nSPS) is 18.5. The fourth-order valence-electron chi connectivity index (χ4n) is 3.91. The molecule has 0 atom stereocenters. The van der Waals surface area contributed by atoms with Crippen molar-refractivity contribution in [3.8, 4) is 0 Å². The van der Waals surface area contributed by atoms with E-state index in [1.165, 1.54) is 43.2 Å². The van der Waals surface area contributed by atoms with Gasteiger partial charge in [-0.3, -0.25) is 0 Å². The van der Waals surface area contributed by atoms with Crippen molar-refractivity contribution < 1.29 is 0 Å². The van der Waals surface area contributed by atoms with E-state index in [1.807, 2.05) is 24.3 Å². The maximum Gasteiger partial charge on any atom is 0.199 e. The highest BCUT2D eigenvalue weighted by Crippen LogP contribution is 2.24. The Labute approximate surface area is 161 Å². The van der Waals surface area contributed by atoms with Crippen LogP contribution in [0.1, 0.15) is 43.2 Å². The van der Waals surface area contributed by atoms with Gasteiger partial charge in [-0.05, 0) is 54.7 Å². The molecule has 1 heterocycles. The van der Waals surface area contributed by atoms with Gasteiger partial charge in [0.15, 0.2) is 5.96 Å². The van der Waals surface area contributed by atoms with Crippen molar-refractivity contribution in [1.29, 1.82) is 0 Å². The van der Waals surface area contributed by atoms with Crippen molar-refractivity contribution >= 4 is 23.2 Å². The SMILES string of the molecule is Clc1ccc(NC(=NC2CCCCC2)N2CCc3ccccc3C2)cc1. The monoisotopic (exact) mass is 367 g/mol. The molecular weight excluding hydrogens is 342 g/mol. The summed E-state index contributed by atoms with van der Waals surface area (Å²) in [4.78, 5) is 7.54. The Morgan fingerprint density at radius 2 is 1.69 bits per heavy atom. The number of rotatable bonds is 2. The standard InChI is InChI=1S/C22H26ClN3/c23-19-10-12-21(13-11-19)25-22(24-20-8-2-1-3-9-20)26-15-14-17-6-4-5-7-18(17)16-26/h4-7,10-13,20H,1-3,8-9,14-16H2,(H,24,25). The Morgan fingerprint density at radius 3 is 2.46 bits per heavy atom. The van der Waals surface area contributed by atoms with E-state index in [9.17, 15) is 0 Å². The van der Waals surface area contributed by atoms with Crippen LogP contribution in [0.3, 0.4) is 0 Å². The van der Waals surface area contributed by atoms with Crippen LogP contribution in [-0.2, 0) is 13.0 Å². The van der Waals surface area contributed by atoms with Gasteiger partial charge in [0.2, 0.25) is 0 Å². The van der Waals surface area contributed by atoms with E-state index in [1.54, 1.807) is 0 Å². The van der Waals surface area contributed by atoms with Gasteiger partial charge in [0.05, 0.1) is 6.04 Å². The molecule has 0 unspecified atom stereocenters. The Morgan fingerprint density at radius 1 is 0.962 bits per heavy atom. The van der Waals surface area contributed by atoms with Gasteiger partial charge in [-0.2, -0.15) is 0 Å². The van der Waals surface area contributed by atoms with Crippen LogP contribution in [0.2, 0.25) is 5.02 Å². The summed E-state index contributed by atoms with van der Waals surface area (Å²) in [6.07, 6.45) is 7.42. The van der Waals surface area contributed by atoms with Crippen LogP contribution >= 0.6 is 11.6 Å². The van der Waals surface area contributed by atoms with Crippen molar-refractivity contribution in [2.75, 3.05) is 11.9 Å². The van der Waals surface area contributed by atoms with E-state index in [0.29, 0.717) is 6.04 Å². The Kier molecular flexibility index (Phi) is 5.45. The molecule has 2 aliphatic rings. The molecule has 4 heteroatoms. The van der Waals surface area contributed by atoms with E-state index in [4.69, 9.17) is 16.6 Å². The number of aliphatic imine (C=N–C) groups is 1. The fraction of sp³-hybridized carbons (Fsp3) is 0.409. The molecule has 1 aliphatic carbocycles. The van der Waals surface area contributed by atoms with Gasteiger partial charge in [-0.25, -0.2) is 4.99 Å². The molecule has 0 aromatic heterocycles. The third-order valence-corrected chi connectivity index (χ3v) is 5.66. The molecule has 1 aliphatic heterocycles. The molecule has 3 nitrogen and oxygen atoms in total. The summed E-state index contributed by atoms with van der Waals surface area (Å²) in [5.74, 6) is 1.01. The number of hydrogen-bond donors (Lipinski definition) is 1. The van der Waals surface area contributed by atoms with E-state index in [-0.39, 0.29) is 0 Å². The summed E-state index contributed by atoms with van der Waals surface area (Å²) in [7, 11) is 0. The molecule has 2 aromatic carbocycles. The number of guanidine groups is 1. The van der Waals surface area contributed by atoms with E-state index >= 15 is 0 Å². The number of fused-ring (bicyclic) bond motifs is 1. The van der Waals surface area contributed by atoms with Crippen molar-refractivity contribution in [3.63, 3.8) is 0 Å². The lowest BCUT2D eigenvalue weighted by molar-refractivity contribution is 0.380. The maximum atomic E-state index is 6.04. The van der Waals surface area contributed by atoms with Gasteiger partial charge in [0.25, 0.3) is 0 Å². The lowest BCUT2D eigenvalue weighted by atomic mass is 9.96. The number of halogens is 1. The lowest BCUT2D eigenvalue weighted by Gasteiger charge is -2.33. The number of benzene rings is 2. The smallest absolute Gasteiger partial charge is 0.199 e. The molecule has 2 aromatic rings. The lowest BCUT2D eigenvalue weighted by Crippen LogP contribution is -2.41. The number of anilines is 1. The average Bonchev–Trinajstić information content (AvgIpc) is 2.69. The van der Waals surface area contributed by atoms with Gasteiger partial charge < -0.3 is 10.2 Å². The minimum atomic E-state index is 0.440. The van der Waals surface area contributed by atoms with Crippen molar-refractivity contribution in [1.82, 2.24) is 4.90 Å². The summed E-state index contributed by atoms with van der Waals surface area (Å²) >= 11 is 6.04. The first kappa shape index (κ1) is 17.4. The fourth-order valence-corrected chi connectivity index (χ4v) is 4.04. The molecule has 0 bridgehead atoms. The molecule has 0 radical (unpaired) electrons. The minimum Gasteiger partial charge on any atom is -0.338 e. The third kappa shape index (κ3) is 4.21. The molecule has 0 amide bonds. The Balaban J connectivity index is 1.57. The van der Waals surface area contributed by atoms with Gasteiger partial charge >= 0.3 is 0 Å². The first-order chi connectivity index (χ1) is 12.8. The number of hydrogen-bond acceptors (Lipinski definition) is 1. The van der Waals surface area contributed by atoms with Crippen LogP contribution in [-0.4, -0.2) is 23.4 Å². The summed E-state index contributed by atoms with van der Waals surface area (Å²) in [6.45, 7) is 1.92. The van der Waals surface area contributed by atoms with Crippen LogP contribution < -0.4 is 5.32 Å². The highest BCUT2D eigenvalue weighted by Gasteiger charge is 2.21. The highest BCUT2D eigenvalue weighted by atomic mass is 35.5. The quantitative estimate of drug-likeness (QED) is 0.560. The second-order valence-electron chi connectivity index (χ2n) is 7.32. The molecule has 1 N–H and O–H groups in total. The zero-order valence-electron chi connectivity index (χ0n) is 15.1. The van der Waals surface area contributed by atoms with Gasteiger partial charge in [0.1, 0.15) is 0 Å². The molecule has 0 spiro atoms. The van der Waals surface area contributed by atoms with Crippen LogP contribution in [0.25, 0.3) is 0 Å². The van der Waals surface area contributed by atoms with Gasteiger partial charge in [-0.1, -0.05) is 55.1 Å². The van der Waals surface area contributed by atoms with Crippen LogP contribution in [0.4, 0.5) is 5.69 Å². The summed E-state index contributed by atoms with van der Waals surface area (Å²) in [6, 6.07) is 17.1. The summed E-state index contributed by atoms with van der Waals surface area (Å²) in [5.41, 5.74) is 3.92. The second-order valence-corrected chi connectivity index (χ2v) is 7.75. The van der Waals surface area contributed by atoms with E-state index < -0.39 is 0 Å². The van der Waals surface area contributed by atoms with Crippen molar-refractivity contribution in [3.05, 3.63) is 64.7 Å². The molecule has 4 rings (SSSR count). The first-order valence-electron chi connectivity index (χ1n) is 9.70. The number of nitrogens with one attached hydrogen (secondary N) is 1. The van der Waals surface area contributed by atoms with E-state index in [2.05, 4.69) is 34.5 Å². The molecular formula is C22H26ClN3. The summed E-state index contributed by atoms with van der Waals surface area (Å²) < 4.78 is 0. The average molecular weight is 368 g/mol. The predicted molar refractivity (Wildman–Crippen MR) is 110 cm³/mol. The molecule has 0 saturated heterocycles. The largest absolute Gasteiger partial charge is 0.338 e. The maximum absolute atomic E-state index is 6.04. The van der Waals surface area contributed by atoms with Crippen LogP contribution in [0.15, 0.2) is 53.5 Å². The molecule has 1 saturated carbocycles. The third-order valence-electron chi connectivity index (χ3n) is 5.41. The van der Waals surface area contributed by atoms with Gasteiger partial charge in [0, 0.05) is 23.8 Å². The Hall–Kier alpha value is -2.00. The molecule has 136 valence electrons. The van der Waals surface area contributed by atoms with Crippen molar-refractivity contribution in [2.45, 2.75) is 51.1 Å². The number of nitrogens with zero attached hydrogens (tertiary/aromatic N) is 2. The highest BCUT2D eigenvalue weighted by molar-refractivity contribution is 6.30. The molecule has 26 heavy (non-hydrogen) atoms. The van der Waals surface area contributed by atoms with Gasteiger partial charge in [-0.15, -0.1) is 0 Å². The first-order valence-corrected chi connectivity index (χ1v) is 10.1. The zero-order valence-corrected chi connectivity index (χ0v) is 15.9. The van der Waals surface area contributed by atoms with Crippen LogP contribution in [0, 0.1) is 0 Å².